The van der Waals surface area contributed by atoms with Crippen molar-refractivity contribution in [3.05, 3.63) is 182 Å². The standard InChI is InChI=1S/C53H30N4O/c1-3-14-32(15-4-1)51-54-52(33-16-5-2-6-17-33)56-53(55-51)41-30-40-36-21-9-10-27-45(36)58-50(40)48-39(41)24-13-26-43(48)57-42-25-12-23-38-35-20-8-7-19-34(35)37-22-11-18-31-28-29-44(57)49(46(31)37)47(38)42/h1-30H. The van der Waals surface area contributed by atoms with E-state index in [1.54, 1.807) is 0 Å². The Balaban J connectivity index is 1.19. The molecule has 13 rings (SSSR count). The smallest absolute Gasteiger partial charge is 0.164 e. The van der Waals surface area contributed by atoms with E-state index in [-0.39, 0.29) is 0 Å². The number of hydrogen-bond acceptors (Lipinski definition) is 4. The van der Waals surface area contributed by atoms with Crippen LogP contribution in [0, 0.1) is 0 Å². The molecule has 268 valence electrons. The Morgan fingerprint density at radius 1 is 0.362 bits per heavy atom. The van der Waals surface area contributed by atoms with Crippen LogP contribution in [0.25, 0.3) is 127 Å². The van der Waals surface area contributed by atoms with Crippen LogP contribution in [0.2, 0.25) is 0 Å². The molecule has 1 aliphatic carbocycles. The second-order valence-corrected chi connectivity index (χ2v) is 15.1. The predicted octanol–water partition coefficient (Wildman–Crippen LogP) is 13.8. The molecule has 0 saturated heterocycles. The Bertz CT molecular complexity index is 3620. The van der Waals surface area contributed by atoms with Crippen molar-refractivity contribution in [2.24, 2.45) is 0 Å². The molecule has 0 unspecified atom stereocenters. The molecule has 0 radical (unpaired) electrons. The SMILES string of the molecule is c1ccc(-c2nc(-c3ccccc3)nc(-c3cc4c5ccccc5oc4c4c(-n5c6cccc7c6c6c8c(cccc8ccc65)-c5ccccc5-7)cccc34)n2)cc1. The number of para-hydroxylation sites is 1. The fourth-order valence-electron chi connectivity index (χ4n) is 9.51. The monoisotopic (exact) mass is 738 g/mol. The molecule has 0 N–H and O–H groups in total. The number of fused-ring (bicyclic) bond motifs is 8. The van der Waals surface area contributed by atoms with Crippen molar-refractivity contribution >= 4 is 65.3 Å². The Labute approximate surface area is 332 Å². The minimum atomic E-state index is 0.605. The summed E-state index contributed by atoms with van der Waals surface area (Å²) in [6.45, 7) is 0. The van der Waals surface area contributed by atoms with Gasteiger partial charge in [0.15, 0.2) is 17.5 Å². The van der Waals surface area contributed by atoms with Crippen LogP contribution in [-0.4, -0.2) is 19.5 Å². The zero-order chi connectivity index (χ0) is 37.9. The first kappa shape index (κ1) is 31.3. The average molecular weight is 739 g/mol. The van der Waals surface area contributed by atoms with Crippen LogP contribution in [0.1, 0.15) is 0 Å². The summed E-state index contributed by atoms with van der Waals surface area (Å²) in [5.74, 6) is 1.85. The second kappa shape index (κ2) is 11.8. The maximum absolute atomic E-state index is 6.91. The molecule has 9 aromatic carbocycles. The first-order chi connectivity index (χ1) is 28.8. The third-order valence-corrected chi connectivity index (χ3v) is 12.0. The Morgan fingerprint density at radius 2 is 0.948 bits per heavy atom. The Kier molecular flexibility index (Phi) is 6.38. The van der Waals surface area contributed by atoms with Crippen molar-refractivity contribution in [1.29, 1.82) is 0 Å². The Hall–Kier alpha value is -7.89. The lowest BCUT2D eigenvalue weighted by atomic mass is 9.93. The van der Waals surface area contributed by atoms with Crippen LogP contribution < -0.4 is 0 Å². The van der Waals surface area contributed by atoms with Crippen molar-refractivity contribution < 1.29 is 4.42 Å². The molecular weight excluding hydrogens is 709 g/mol. The Morgan fingerprint density at radius 3 is 1.71 bits per heavy atom. The lowest BCUT2D eigenvalue weighted by molar-refractivity contribution is 0.672. The van der Waals surface area contributed by atoms with Gasteiger partial charge in [-0.25, -0.2) is 15.0 Å². The average Bonchev–Trinajstić information content (AvgIpc) is 3.81. The summed E-state index contributed by atoms with van der Waals surface area (Å²) in [4.78, 5) is 15.5. The molecule has 1 aliphatic rings. The summed E-state index contributed by atoms with van der Waals surface area (Å²) in [6.07, 6.45) is 0. The molecule has 0 aliphatic heterocycles. The van der Waals surface area contributed by atoms with Crippen LogP contribution in [0.3, 0.4) is 0 Å². The zero-order valence-electron chi connectivity index (χ0n) is 31.0. The summed E-state index contributed by atoms with van der Waals surface area (Å²) < 4.78 is 9.36. The molecule has 58 heavy (non-hydrogen) atoms. The molecule has 0 amide bonds. The van der Waals surface area contributed by atoms with Gasteiger partial charge in [0, 0.05) is 43.6 Å². The molecule has 0 saturated carbocycles. The van der Waals surface area contributed by atoms with E-state index in [1.165, 1.54) is 43.8 Å². The maximum Gasteiger partial charge on any atom is 0.164 e. The quantitative estimate of drug-likeness (QED) is 0.180. The van der Waals surface area contributed by atoms with Gasteiger partial charge in [-0.05, 0) is 68.7 Å². The number of hydrogen-bond donors (Lipinski definition) is 0. The van der Waals surface area contributed by atoms with Gasteiger partial charge in [-0.3, -0.25) is 0 Å². The van der Waals surface area contributed by atoms with E-state index in [1.807, 2.05) is 42.5 Å². The van der Waals surface area contributed by atoms with Gasteiger partial charge in [0.05, 0.1) is 16.7 Å². The third kappa shape index (κ3) is 4.33. The van der Waals surface area contributed by atoms with E-state index in [4.69, 9.17) is 19.4 Å². The molecule has 0 atom stereocenters. The first-order valence-corrected chi connectivity index (χ1v) is 19.6. The highest BCUT2D eigenvalue weighted by Crippen LogP contribution is 2.51. The summed E-state index contributed by atoms with van der Waals surface area (Å²) in [5, 5.41) is 9.09. The second-order valence-electron chi connectivity index (χ2n) is 15.1. The fourth-order valence-corrected chi connectivity index (χ4v) is 9.51. The third-order valence-electron chi connectivity index (χ3n) is 12.0. The van der Waals surface area contributed by atoms with Gasteiger partial charge in [0.2, 0.25) is 0 Å². The van der Waals surface area contributed by atoms with Crippen molar-refractivity contribution in [3.63, 3.8) is 0 Å². The minimum Gasteiger partial charge on any atom is -0.455 e. The summed E-state index contributed by atoms with van der Waals surface area (Å²) in [7, 11) is 0. The highest BCUT2D eigenvalue weighted by Gasteiger charge is 2.27. The van der Waals surface area contributed by atoms with Gasteiger partial charge in [0.25, 0.3) is 0 Å². The molecule has 5 nitrogen and oxygen atoms in total. The van der Waals surface area contributed by atoms with E-state index in [9.17, 15) is 0 Å². The van der Waals surface area contributed by atoms with Crippen molar-refractivity contribution in [3.8, 4) is 62.1 Å². The summed E-state index contributed by atoms with van der Waals surface area (Å²) in [6, 6.07) is 64.3. The lowest BCUT2D eigenvalue weighted by Gasteiger charge is -2.16. The van der Waals surface area contributed by atoms with Crippen LogP contribution in [0.5, 0.6) is 0 Å². The molecule has 0 bridgehead atoms. The molecule has 5 heteroatoms. The number of aromatic nitrogens is 4. The molecule has 0 fully saturated rings. The maximum atomic E-state index is 6.91. The van der Waals surface area contributed by atoms with Gasteiger partial charge in [0.1, 0.15) is 11.2 Å². The van der Waals surface area contributed by atoms with Crippen molar-refractivity contribution in [2.75, 3.05) is 0 Å². The van der Waals surface area contributed by atoms with Crippen LogP contribution in [-0.2, 0) is 0 Å². The molecule has 12 aromatic rings. The van der Waals surface area contributed by atoms with E-state index in [0.717, 1.165) is 66.1 Å². The van der Waals surface area contributed by atoms with E-state index >= 15 is 0 Å². The van der Waals surface area contributed by atoms with E-state index in [2.05, 4.69) is 144 Å². The normalized spacial score (nSPS) is 12.1. The van der Waals surface area contributed by atoms with Gasteiger partial charge in [-0.15, -0.1) is 0 Å². The van der Waals surface area contributed by atoms with E-state index in [0.29, 0.717) is 17.5 Å². The van der Waals surface area contributed by atoms with Crippen molar-refractivity contribution in [2.45, 2.75) is 0 Å². The summed E-state index contributed by atoms with van der Waals surface area (Å²) in [5.41, 5.74) is 12.8. The lowest BCUT2D eigenvalue weighted by Crippen LogP contribution is -2.01. The fraction of sp³-hybridized carbons (Fsp3) is 0. The van der Waals surface area contributed by atoms with Crippen LogP contribution in [0.15, 0.2) is 186 Å². The minimum absolute atomic E-state index is 0.605. The van der Waals surface area contributed by atoms with Gasteiger partial charge < -0.3 is 8.98 Å². The number of furan rings is 1. The number of benzene rings is 9. The van der Waals surface area contributed by atoms with Gasteiger partial charge in [-0.2, -0.15) is 0 Å². The zero-order valence-corrected chi connectivity index (χ0v) is 31.0. The highest BCUT2D eigenvalue weighted by atomic mass is 16.3. The molecule has 3 aromatic heterocycles. The molecule has 0 spiro atoms. The van der Waals surface area contributed by atoms with E-state index < -0.39 is 0 Å². The predicted molar refractivity (Wildman–Crippen MR) is 237 cm³/mol. The van der Waals surface area contributed by atoms with Crippen LogP contribution in [0.4, 0.5) is 0 Å². The van der Waals surface area contributed by atoms with Gasteiger partial charge >= 0.3 is 0 Å². The largest absolute Gasteiger partial charge is 0.455 e. The van der Waals surface area contributed by atoms with Crippen molar-refractivity contribution in [1.82, 2.24) is 19.5 Å². The molecular formula is C53H30N4O. The highest BCUT2D eigenvalue weighted by molar-refractivity contribution is 6.31. The number of nitrogens with zero attached hydrogens (tertiary/aromatic N) is 4. The topological polar surface area (TPSA) is 56.7 Å². The van der Waals surface area contributed by atoms with Gasteiger partial charge in [-0.1, -0.05) is 152 Å². The number of rotatable bonds is 4. The van der Waals surface area contributed by atoms with Crippen LogP contribution >= 0.6 is 0 Å². The summed E-state index contributed by atoms with van der Waals surface area (Å²) >= 11 is 0. The first-order valence-electron chi connectivity index (χ1n) is 19.6. The molecule has 3 heterocycles.